The minimum atomic E-state index is -0.543. The van der Waals surface area contributed by atoms with Crippen molar-refractivity contribution in [3.63, 3.8) is 0 Å². The third kappa shape index (κ3) is 5.02. The molecule has 2 unspecified atom stereocenters. The summed E-state index contributed by atoms with van der Waals surface area (Å²) in [5.74, 6) is 0.141. The van der Waals surface area contributed by atoms with Gasteiger partial charge in [0.25, 0.3) is 0 Å². The van der Waals surface area contributed by atoms with Crippen LogP contribution in [0.3, 0.4) is 0 Å². The number of carbonyl (C=O) groups excluding carboxylic acids is 1. The van der Waals surface area contributed by atoms with Crippen molar-refractivity contribution in [1.82, 2.24) is 5.32 Å². The number of unbranched alkanes of at least 4 members (excludes halogenated alkanes) is 1. The maximum atomic E-state index is 12.0. The normalized spacial score (nSPS) is 24.2. The van der Waals surface area contributed by atoms with Gasteiger partial charge in [0.05, 0.1) is 12.1 Å². The summed E-state index contributed by atoms with van der Waals surface area (Å²) in [6.45, 7) is 6.63. The lowest BCUT2D eigenvalue weighted by Gasteiger charge is -2.33. The maximum Gasteiger partial charge on any atom is 0.158 e. The zero-order valence-corrected chi connectivity index (χ0v) is 14.5. The fourth-order valence-corrected chi connectivity index (χ4v) is 3.14. The van der Waals surface area contributed by atoms with Crippen LogP contribution in [0.25, 0.3) is 0 Å². The Morgan fingerprint density at radius 3 is 2.61 bits per heavy atom. The van der Waals surface area contributed by atoms with Crippen LogP contribution in [0.5, 0.6) is 0 Å². The van der Waals surface area contributed by atoms with Crippen LogP contribution < -0.4 is 5.32 Å². The van der Waals surface area contributed by atoms with Crippen molar-refractivity contribution in [1.29, 1.82) is 0 Å². The lowest BCUT2D eigenvalue weighted by Crippen LogP contribution is -2.46. The number of allylic oxidation sites excluding steroid dienone is 1. The van der Waals surface area contributed by atoms with Crippen molar-refractivity contribution < 1.29 is 9.90 Å². The van der Waals surface area contributed by atoms with E-state index < -0.39 is 11.5 Å². The molecule has 1 aliphatic carbocycles. The maximum absolute atomic E-state index is 12.0. The molecule has 0 spiro atoms. The number of Topliss-reactive ketones (excluding diaryl/α,β-unsaturated/α-hetero) is 1. The van der Waals surface area contributed by atoms with E-state index in [2.05, 4.69) is 29.6 Å². The minimum absolute atomic E-state index is 0.141. The van der Waals surface area contributed by atoms with Crippen molar-refractivity contribution >= 4 is 5.78 Å². The van der Waals surface area contributed by atoms with E-state index in [1.165, 1.54) is 5.56 Å². The first-order valence-corrected chi connectivity index (χ1v) is 8.57. The summed E-state index contributed by atoms with van der Waals surface area (Å²) in [5, 5.41) is 14.0. The largest absolute Gasteiger partial charge is 0.391 e. The first-order chi connectivity index (χ1) is 10.9. The molecule has 2 N–H and O–H groups in total. The molecular formula is C20H29NO2. The Hall–Kier alpha value is -1.45. The van der Waals surface area contributed by atoms with Crippen LogP contribution in [0.15, 0.2) is 42.0 Å². The molecule has 2 atom stereocenters. The summed E-state index contributed by atoms with van der Waals surface area (Å²) in [7, 11) is 0. The summed E-state index contributed by atoms with van der Waals surface area (Å²) >= 11 is 0. The van der Waals surface area contributed by atoms with Gasteiger partial charge < -0.3 is 10.4 Å². The van der Waals surface area contributed by atoms with Crippen molar-refractivity contribution in [2.24, 2.45) is 5.41 Å². The molecule has 3 heteroatoms. The van der Waals surface area contributed by atoms with Crippen LogP contribution in [0.4, 0.5) is 0 Å². The van der Waals surface area contributed by atoms with Gasteiger partial charge in [0.1, 0.15) is 0 Å². The van der Waals surface area contributed by atoms with Gasteiger partial charge in [0.2, 0.25) is 0 Å². The van der Waals surface area contributed by atoms with Gasteiger partial charge in [0.15, 0.2) is 5.78 Å². The van der Waals surface area contributed by atoms with Gasteiger partial charge in [-0.1, -0.05) is 50.3 Å². The number of benzene rings is 1. The molecule has 0 saturated heterocycles. The summed E-state index contributed by atoms with van der Waals surface area (Å²) in [6, 6.07) is 10.3. The highest BCUT2D eigenvalue weighted by atomic mass is 16.3. The van der Waals surface area contributed by atoms with Crippen molar-refractivity contribution in [3.8, 4) is 0 Å². The Bertz CT molecular complexity index is 548. The molecule has 1 aromatic carbocycles. The molecule has 0 saturated carbocycles. The van der Waals surface area contributed by atoms with Gasteiger partial charge in [0, 0.05) is 6.42 Å². The van der Waals surface area contributed by atoms with Crippen molar-refractivity contribution in [3.05, 3.63) is 47.5 Å². The van der Waals surface area contributed by atoms with Crippen LogP contribution in [0.1, 0.15) is 45.6 Å². The molecule has 0 amide bonds. The number of aliphatic hydroxyl groups is 1. The Balaban J connectivity index is 1.82. The van der Waals surface area contributed by atoms with E-state index in [1.807, 2.05) is 32.9 Å². The number of rotatable bonds is 6. The molecular weight excluding hydrogens is 286 g/mol. The molecule has 0 bridgehead atoms. The predicted molar refractivity (Wildman–Crippen MR) is 94.3 cm³/mol. The third-order valence-corrected chi connectivity index (χ3v) is 4.74. The molecule has 0 aliphatic heterocycles. The van der Waals surface area contributed by atoms with Gasteiger partial charge in [-0.25, -0.2) is 0 Å². The standard InChI is InChI=1S/C20H29NO2/c1-15-13-17(19(23)20(2,3)14-18(15)22)21-12-8-7-11-16-9-5-4-6-10-16/h4-6,9-10,13,17,19,21,23H,7-8,11-12,14H2,1-3H3. The van der Waals surface area contributed by atoms with E-state index in [0.717, 1.165) is 31.4 Å². The number of ketones is 1. The smallest absolute Gasteiger partial charge is 0.158 e. The van der Waals surface area contributed by atoms with Crippen LogP contribution in [0, 0.1) is 5.41 Å². The zero-order chi connectivity index (χ0) is 16.9. The molecule has 126 valence electrons. The Morgan fingerprint density at radius 1 is 1.22 bits per heavy atom. The summed E-state index contributed by atoms with van der Waals surface area (Å²) < 4.78 is 0. The second-order valence-electron chi connectivity index (χ2n) is 7.31. The van der Waals surface area contributed by atoms with E-state index >= 15 is 0 Å². The third-order valence-electron chi connectivity index (χ3n) is 4.74. The Morgan fingerprint density at radius 2 is 1.91 bits per heavy atom. The zero-order valence-electron chi connectivity index (χ0n) is 14.5. The quantitative estimate of drug-likeness (QED) is 0.792. The van der Waals surface area contributed by atoms with Crippen LogP contribution in [-0.4, -0.2) is 29.6 Å². The number of hydrogen-bond acceptors (Lipinski definition) is 3. The molecule has 1 aliphatic rings. The molecule has 1 aromatic rings. The molecule has 0 fully saturated rings. The van der Waals surface area contributed by atoms with Crippen molar-refractivity contribution in [2.75, 3.05) is 6.54 Å². The topological polar surface area (TPSA) is 49.3 Å². The van der Waals surface area contributed by atoms with E-state index in [0.29, 0.717) is 6.42 Å². The highest BCUT2D eigenvalue weighted by Gasteiger charge is 2.37. The van der Waals surface area contributed by atoms with E-state index in [9.17, 15) is 9.90 Å². The number of nitrogens with one attached hydrogen (secondary N) is 1. The molecule has 0 aromatic heterocycles. The number of carbonyl (C=O) groups is 1. The molecule has 3 nitrogen and oxygen atoms in total. The SMILES string of the molecule is CC1=CC(NCCCCc2ccccc2)C(O)C(C)(C)CC1=O. The average Bonchev–Trinajstić information content (AvgIpc) is 2.59. The fourth-order valence-electron chi connectivity index (χ4n) is 3.14. The van der Waals surface area contributed by atoms with Crippen LogP contribution in [0.2, 0.25) is 0 Å². The molecule has 2 rings (SSSR count). The molecule has 0 radical (unpaired) electrons. The van der Waals surface area contributed by atoms with E-state index in [1.54, 1.807) is 0 Å². The number of aliphatic hydroxyl groups excluding tert-OH is 1. The minimum Gasteiger partial charge on any atom is -0.391 e. The van der Waals surface area contributed by atoms with Gasteiger partial charge in [-0.15, -0.1) is 0 Å². The number of hydrogen-bond donors (Lipinski definition) is 2. The molecule has 23 heavy (non-hydrogen) atoms. The van der Waals surface area contributed by atoms with E-state index in [4.69, 9.17) is 0 Å². The highest BCUT2D eigenvalue weighted by Crippen LogP contribution is 2.32. The average molecular weight is 315 g/mol. The monoisotopic (exact) mass is 315 g/mol. The van der Waals surface area contributed by atoms with Gasteiger partial charge >= 0.3 is 0 Å². The van der Waals surface area contributed by atoms with Gasteiger partial charge in [-0.05, 0) is 49.3 Å². The van der Waals surface area contributed by atoms with Crippen molar-refractivity contribution in [2.45, 2.75) is 58.6 Å². The molecule has 0 heterocycles. The lowest BCUT2D eigenvalue weighted by atomic mass is 9.80. The second-order valence-corrected chi connectivity index (χ2v) is 7.31. The highest BCUT2D eigenvalue weighted by molar-refractivity contribution is 5.95. The lowest BCUT2D eigenvalue weighted by molar-refractivity contribution is -0.118. The Kier molecular flexibility index (Phi) is 6.14. The van der Waals surface area contributed by atoms with Crippen LogP contribution in [-0.2, 0) is 11.2 Å². The first kappa shape index (κ1) is 17.9. The van der Waals surface area contributed by atoms with Gasteiger partial charge in [-0.2, -0.15) is 0 Å². The summed E-state index contributed by atoms with van der Waals surface area (Å²) in [5.41, 5.74) is 1.73. The Labute approximate surface area is 139 Å². The van der Waals surface area contributed by atoms with E-state index in [-0.39, 0.29) is 11.8 Å². The predicted octanol–water partition coefficient (Wildman–Crippen LogP) is 3.27. The first-order valence-electron chi connectivity index (χ1n) is 8.57. The van der Waals surface area contributed by atoms with Crippen LogP contribution >= 0.6 is 0 Å². The summed E-state index contributed by atoms with van der Waals surface area (Å²) in [6.07, 6.45) is 5.01. The van der Waals surface area contributed by atoms with Gasteiger partial charge in [-0.3, -0.25) is 4.79 Å². The fraction of sp³-hybridized carbons (Fsp3) is 0.550. The number of aryl methyl sites for hydroxylation is 1. The second kappa shape index (κ2) is 7.89. The summed E-state index contributed by atoms with van der Waals surface area (Å²) in [4.78, 5) is 12.0.